The Morgan fingerprint density at radius 2 is 2.05 bits per heavy atom. The third kappa shape index (κ3) is 4.92. The van der Waals surface area contributed by atoms with Gasteiger partial charge in [0.15, 0.2) is 6.79 Å². The Labute approximate surface area is 104 Å². The molecule has 0 aromatic heterocycles. The van der Waals surface area contributed by atoms with E-state index < -0.39 is 30.2 Å². The molecule has 1 aromatic rings. The van der Waals surface area contributed by atoms with E-state index in [0.29, 0.717) is 6.29 Å². The van der Waals surface area contributed by atoms with E-state index >= 15 is 0 Å². The van der Waals surface area contributed by atoms with Gasteiger partial charge in [-0.25, -0.2) is 0 Å². The van der Waals surface area contributed by atoms with Gasteiger partial charge in [0, 0.05) is 11.6 Å². The van der Waals surface area contributed by atoms with Crippen LogP contribution in [0.2, 0.25) is 0 Å². The number of benzene rings is 1. The zero-order chi connectivity index (χ0) is 14.5. The normalized spacial score (nSPS) is 11.1. The highest BCUT2D eigenvalue weighted by Crippen LogP contribution is 2.27. The zero-order valence-electron chi connectivity index (χ0n) is 9.35. The summed E-state index contributed by atoms with van der Waals surface area (Å²) in [4.78, 5) is 20.3. The maximum Gasteiger partial charge on any atom is 0.411 e. The van der Waals surface area contributed by atoms with E-state index in [2.05, 4.69) is 4.74 Å². The summed E-state index contributed by atoms with van der Waals surface area (Å²) in [5, 5.41) is 10.6. The summed E-state index contributed by atoms with van der Waals surface area (Å²) in [6.07, 6.45) is -4.09. The molecule has 0 aliphatic heterocycles. The number of hydrogen-bond donors (Lipinski definition) is 0. The topological polar surface area (TPSA) is 78.7 Å². The van der Waals surface area contributed by atoms with Crippen LogP contribution in [0.25, 0.3) is 0 Å². The van der Waals surface area contributed by atoms with Gasteiger partial charge in [0.1, 0.15) is 12.9 Å². The Morgan fingerprint density at radius 1 is 1.37 bits per heavy atom. The predicted molar refractivity (Wildman–Crippen MR) is 56.0 cm³/mol. The molecule has 0 heterocycles. The van der Waals surface area contributed by atoms with E-state index in [0.717, 1.165) is 12.1 Å². The van der Waals surface area contributed by atoms with Crippen molar-refractivity contribution in [2.75, 3.05) is 13.4 Å². The maximum atomic E-state index is 11.8. The van der Waals surface area contributed by atoms with Crippen LogP contribution in [0, 0.1) is 10.1 Å². The second-order valence-electron chi connectivity index (χ2n) is 3.33. The van der Waals surface area contributed by atoms with E-state index in [9.17, 15) is 28.1 Å². The van der Waals surface area contributed by atoms with E-state index in [1.165, 1.54) is 6.07 Å². The molecule has 0 fully saturated rings. The molecule has 19 heavy (non-hydrogen) atoms. The molecule has 104 valence electrons. The van der Waals surface area contributed by atoms with Crippen molar-refractivity contribution in [1.82, 2.24) is 0 Å². The Hall–Kier alpha value is -2.16. The molecule has 0 bridgehead atoms. The van der Waals surface area contributed by atoms with Crippen LogP contribution >= 0.6 is 0 Å². The molecule has 0 aliphatic carbocycles. The van der Waals surface area contributed by atoms with Gasteiger partial charge in [-0.3, -0.25) is 14.9 Å². The lowest BCUT2D eigenvalue weighted by Crippen LogP contribution is -2.19. The van der Waals surface area contributed by atoms with Crippen molar-refractivity contribution < 1.29 is 32.4 Å². The van der Waals surface area contributed by atoms with Crippen LogP contribution in [0.4, 0.5) is 18.9 Å². The number of hydrogen-bond acceptors (Lipinski definition) is 5. The predicted octanol–water partition coefficient (Wildman–Crippen LogP) is 2.32. The quantitative estimate of drug-likeness (QED) is 0.262. The summed E-state index contributed by atoms with van der Waals surface area (Å²) < 4.78 is 44.2. The van der Waals surface area contributed by atoms with Gasteiger partial charge in [-0.15, -0.1) is 0 Å². The zero-order valence-corrected chi connectivity index (χ0v) is 9.35. The van der Waals surface area contributed by atoms with Crippen LogP contribution in [0.15, 0.2) is 18.2 Å². The number of rotatable bonds is 6. The first-order valence-electron chi connectivity index (χ1n) is 4.84. The van der Waals surface area contributed by atoms with E-state index in [1.54, 1.807) is 0 Å². The smallest absolute Gasteiger partial charge is 0.411 e. The van der Waals surface area contributed by atoms with Crippen LogP contribution in [0.5, 0.6) is 5.75 Å². The number of halogens is 3. The van der Waals surface area contributed by atoms with Gasteiger partial charge in [-0.05, 0) is 12.1 Å². The molecule has 9 heteroatoms. The molecule has 0 unspecified atom stereocenters. The summed E-state index contributed by atoms with van der Waals surface area (Å²) in [7, 11) is 0. The van der Waals surface area contributed by atoms with Crippen LogP contribution in [-0.2, 0) is 4.74 Å². The molecule has 6 nitrogen and oxygen atoms in total. The molecule has 0 radical (unpaired) electrons. The van der Waals surface area contributed by atoms with Crippen LogP contribution < -0.4 is 4.74 Å². The van der Waals surface area contributed by atoms with Crippen LogP contribution in [0.3, 0.4) is 0 Å². The SMILES string of the molecule is O=Cc1ccc([N+](=O)[O-])c(OCOCC(F)(F)F)c1. The van der Waals surface area contributed by atoms with Crippen molar-refractivity contribution in [3.63, 3.8) is 0 Å². The molecule has 1 aromatic carbocycles. The molecule has 0 saturated carbocycles. The van der Waals surface area contributed by atoms with Crippen molar-refractivity contribution in [3.05, 3.63) is 33.9 Å². The minimum absolute atomic E-state index is 0.0939. The lowest BCUT2D eigenvalue weighted by atomic mass is 10.2. The van der Waals surface area contributed by atoms with Crippen LogP contribution in [0.1, 0.15) is 10.4 Å². The lowest BCUT2D eigenvalue weighted by Gasteiger charge is -2.09. The molecule has 0 aliphatic rings. The van der Waals surface area contributed by atoms with Gasteiger partial charge in [0.2, 0.25) is 5.75 Å². The van der Waals surface area contributed by atoms with Crippen LogP contribution in [-0.4, -0.2) is 30.8 Å². The monoisotopic (exact) mass is 279 g/mol. The lowest BCUT2D eigenvalue weighted by molar-refractivity contribution is -0.386. The highest BCUT2D eigenvalue weighted by molar-refractivity contribution is 5.76. The molecule has 0 atom stereocenters. The minimum Gasteiger partial charge on any atom is -0.460 e. The molecule has 0 N–H and O–H groups in total. The third-order valence-electron chi connectivity index (χ3n) is 1.88. The summed E-state index contributed by atoms with van der Waals surface area (Å²) in [5.74, 6) is -0.336. The second kappa shape index (κ2) is 6.14. The first kappa shape index (κ1) is 14.9. The number of nitro groups is 1. The van der Waals surface area contributed by atoms with Gasteiger partial charge in [0.25, 0.3) is 0 Å². The number of carbonyl (C=O) groups excluding carboxylic acids is 1. The number of nitrogens with zero attached hydrogens (tertiary/aromatic N) is 1. The highest BCUT2D eigenvalue weighted by atomic mass is 19.4. The van der Waals surface area contributed by atoms with Crippen molar-refractivity contribution in [2.45, 2.75) is 6.18 Å². The number of alkyl halides is 3. The van der Waals surface area contributed by atoms with E-state index in [-0.39, 0.29) is 11.3 Å². The largest absolute Gasteiger partial charge is 0.460 e. The van der Waals surface area contributed by atoms with Gasteiger partial charge in [-0.1, -0.05) is 0 Å². The molecular formula is C10H8F3NO5. The Kier molecular flexibility index (Phi) is 4.81. The van der Waals surface area contributed by atoms with Gasteiger partial charge in [-0.2, -0.15) is 13.2 Å². The fraction of sp³-hybridized carbons (Fsp3) is 0.300. The van der Waals surface area contributed by atoms with Gasteiger partial charge >= 0.3 is 11.9 Å². The molecule has 0 amide bonds. The summed E-state index contributed by atoms with van der Waals surface area (Å²) in [6.45, 7) is -2.35. The fourth-order valence-electron chi connectivity index (χ4n) is 1.13. The third-order valence-corrected chi connectivity index (χ3v) is 1.88. The standard InChI is InChI=1S/C10H8F3NO5/c11-10(12,13)5-18-6-19-9-3-7(4-15)1-2-8(9)14(16)17/h1-4H,5-6H2. The Balaban J connectivity index is 2.70. The number of aldehydes is 1. The Morgan fingerprint density at radius 3 is 2.58 bits per heavy atom. The average molecular weight is 279 g/mol. The Bertz CT molecular complexity index is 475. The van der Waals surface area contributed by atoms with Crippen molar-refractivity contribution in [1.29, 1.82) is 0 Å². The van der Waals surface area contributed by atoms with Crippen molar-refractivity contribution in [3.8, 4) is 5.75 Å². The maximum absolute atomic E-state index is 11.8. The van der Waals surface area contributed by atoms with E-state index in [4.69, 9.17) is 4.74 Å². The number of nitro benzene ring substituents is 1. The summed E-state index contributed by atoms with van der Waals surface area (Å²) in [5.41, 5.74) is -0.377. The summed E-state index contributed by atoms with van der Waals surface area (Å²) in [6, 6.07) is 3.25. The average Bonchev–Trinajstić information content (AvgIpc) is 2.33. The molecule has 0 spiro atoms. The number of carbonyl (C=O) groups is 1. The summed E-state index contributed by atoms with van der Waals surface area (Å²) >= 11 is 0. The molecular weight excluding hydrogens is 271 g/mol. The molecule has 0 saturated heterocycles. The highest BCUT2D eigenvalue weighted by Gasteiger charge is 2.27. The molecule has 1 rings (SSSR count). The van der Waals surface area contributed by atoms with Gasteiger partial charge < -0.3 is 9.47 Å². The first-order valence-corrected chi connectivity index (χ1v) is 4.84. The first-order chi connectivity index (χ1) is 8.83. The van der Waals surface area contributed by atoms with E-state index in [1.807, 2.05) is 0 Å². The van der Waals surface area contributed by atoms with Crippen molar-refractivity contribution >= 4 is 12.0 Å². The number of ether oxygens (including phenoxy) is 2. The minimum atomic E-state index is -4.51. The fourth-order valence-corrected chi connectivity index (χ4v) is 1.13. The second-order valence-corrected chi connectivity index (χ2v) is 3.33. The van der Waals surface area contributed by atoms with Gasteiger partial charge in [0.05, 0.1) is 4.92 Å². The van der Waals surface area contributed by atoms with Crippen molar-refractivity contribution in [2.24, 2.45) is 0 Å².